The number of thiophene rings is 1. The number of aromatic nitrogens is 1. The van der Waals surface area contributed by atoms with E-state index in [0.717, 1.165) is 10.4 Å². The largest absolute Gasteiger partial charge is 0.432 e. The van der Waals surface area contributed by atoms with Gasteiger partial charge in [-0.05, 0) is 25.5 Å². The fourth-order valence-electron chi connectivity index (χ4n) is 1.41. The van der Waals surface area contributed by atoms with Gasteiger partial charge in [0.05, 0.1) is 15.4 Å². The van der Waals surface area contributed by atoms with Crippen molar-refractivity contribution in [3.8, 4) is 11.8 Å². The Balaban J connectivity index is 2.15. The molecule has 0 aliphatic rings. The van der Waals surface area contributed by atoms with Gasteiger partial charge in [0.15, 0.2) is 0 Å². The Morgan fingerprint density at radius 3 is 3.00 bits per heavy atom. The number of carbonyl (C=O) groups excluding carboxylic acids is 1. The van der Waals surface area contributed by atoms with Crippen molar-refractivity contribution in [1.82, 2.24) is 4.98 Å². The van der Waals surface area contributed by atoms with E-state index in [2.05, 4.69) is 22.1 Å². The van der Waals surface area contributed by atoms with Crippen LogP contribution in [0.1, 0.15) is 25.8 Å². The number of amides is 1. The minimum absolute atomic E-state index is 0.177. The number of carbonyl (C=O) groups is 1. The molecule has 19 heavy (non-hydrogen) atoms. The molecule has 98 valence electrons. The lowest BCUT2D eigenvalue weighted by molar-refractivity contribution is 0.102. The van der Waals surface area contributed by atoms with E-state index in [1.54, 1.807) is 13.0 Å². The van der Waals surface area contributed by atoms with E-state index in [9.17, 15) is 4.79 Å². The number of hydrogen-bond donors (Lipinski definition) is 2. The van der Waals surface area contributed by atoms with Crippen molar-refractivity contribution in [2.45, 2.75) is 13.8 Å². The van der Waals surface area contributed by atoms with E-state index in [4.69, 9.17) is 9.52 Å². The van der Waals surface area contributed by atoms with Gasteiger partial charge in [-0.3, -0.25) is 10.1 Å². The third-order valence-electron chi connectivity index (χ3n) is 2.26. The first-order valence-corrected chi connectivity index (χ1v) is 6.35. The topological polar surface area (TPSA) is 75.4 Å². The summed E-state index contributed by atoms with van der Waals surface area (Å²) in [5, 5.41) is 11.2. The van der Waals surface area contributed by atoms with Crippen LogP contribution in [-0.4, -0.2) is 22.6 Å². The van der Waals surface area contributed by atoms with E-state index in [0.29, 0.717) is 10.6 Å². The predicted octanol–water partition coefficient (Wildman–Crippen LogP) is 1.95. The molecular formula is C13H12N2O3S. The summed E-state index contributed by atoms with van der Waals surface area (Å²) in [4.78, 5) is 17.3. The summed E-state index contributed by atoms with van der Waals surface area (Å²) in [6.07, 6.45) is 1.47. The van der Waals surface area contributed by atoms with Gasteiger partial charge >= 0.3 is 6.01 Å². The molecule has 0 aliphatic carbocycles. The molecule has 0 bridgehead atoms. The average Bonchev–Trinajstić information content (AvgIpc) is 2.93. The normalized spacial score (nSPS) is 9.84. The maximum atomic E-state index is 12.0. The predicted molar refractivity (Wildman–Crippen MR) is 72.2 cm³/mol. The zero-order valence-corrected chi connectivity index (χ0v) is 11.3. The second-order valence-corrected chi connectivity index (χ2v) is 4.88. The van der Waals surface area contributed by atoms with Gasteiger partial charge in [0.2, 0.25) is 0 Å². The molecule has 0 radical (unpaired) electrons. The molecule has 0 saturated carbocycles. The summed E-state index contributed by atoms with van der Waals surface area (Å²) in [7, 11) is 0. The van der Waals surface area contributed by atoms with Crippen LogP contribution in [0.3, 0.4) is 0 Å². The van der Waals surface area contributed by atoms with E-state index in [1.807, 2.05) is 6.92 Å². The Labute approximate surface area is 114 Å². The van der Waals surface area contributed by atoms with E-state index >= 15 is 0 Å². The molecule has 2 rings (SSSR count). The van der Waals surface area contributed by atoms with E-state index in [1.165, 1.54) is 17.6 Å². The molecule has 2 aromatic heterocycles. The lowest BCUT2D eigenvalue weighted by Crippen LogP contribution is -2.10. The third-order valence-corrected chi connectivity index (χ3v) is 3.41. The van der Waals surface area contributed by atoms with Crippen LogP contribution in [-0.2, 0) is 0 Å². The number of nitrogens with one attached hydrogen (secondary N) is 1. The standard InChI is InChI=1S/C13H12N2O3S/c1-8-6-11(19-10(8)4-3-5-16)12(17)15-13-14-9(2)7-18-13/h6-7,16H,5H2,1-2H3,(H,14,15,17). The molecule has 5 nitrogen and oxygen atoms in total. The third kappa shape index (κ3) is 3.22. The molecule has 0 saturated heterocycles. The van der Waals surface area contributed by atoms with E-state index in [-0.39, 0.29) is 18.5 Å². The molecular weight excluding hydrogens is 264 g/mol. The average molecular weight is 276 g/mol. The summed E-state index contributed by atoms with van der Waals surface area (Å²) in [5.74, 6) is 5.08. The molecule has 6 heteroatoms. The van der Waals surface area contributed by atoms with Gasteiger partial charge < -0.3 is 9.52 Å². The molecule has 0 aromatic carbocycles. The summed E-state index contributed by atoms with van der Waals surface area (Å²) in [5.41, 5.74) is 1.60. The number of aryl methyl sites for hydroxylation is 2. The van der Waals surface area contributed by atoms with Crippen molar-refractivity contribution in [2.24, 2.45) is 0 Å². The fourth-order valence-corrected chi connectivity index (χ4v) is 2.35. The van der Waals surface area contributed by atoms with Crippen molar-refractivity contribution >= 4 is 23.3 Å². The molecule has 0 spiro atoms. The Morgan fingerprint density at radius 2 is 2.37 bits per heavy atom. The Morgan fingerprint density at radius 1 is 1.58 bits per heavy atom. The first-order chi connectivity index (χ1) is 9.10. The molecule has 2 N–H and O–H groups in total. The number of nitrogens with zero attached hydrogens (tertiary/aromatic N) is 1. The SMILES string of the molecule is Cc1coc(NC(=O)c2cc(C)c(C#CCO)s2)n1. The van der Waals surface area contributed by atoms with Crippen LogP contribution < -0.4 is 5.32 Å². The molecule has 0 unspecified atom stereocenters. The minimum atomic E-state index is -0.285. The van der Waals surface area contributed by atoms with Crippen molar-refractivity contribution < 1.29 is 14.3 Å². The zero-order chi connectivity index (χ0) is 13.8. The van der Waals surface area contributed by atoms with Crippen molar-refractivity contribution in [3.63, 3.8) is 0 Å². The number of oxazole rings is 1. The molecule has 2 aromatic rings. The summed E-state index contributed by atoms with van der Waals surface area (Å²) in [6.45, 7) is 3.44. The highest BCUT2D eigenvalue weighted by Crippen LogP contribution is 2.22. The number of aliphatic hydroxyl groups excluding tert-OH is 1. The van der Waals surface area contributed by atoms with Crippen LogP contribution in [0.15, 0.2) is 16.7 Å². The maximum absolute atomic E-state index is 12.0. The van der Waals surface area contributed by atoms with Crippen LogP contribution in [0.25, 0.3) is 0 Å². The molecule has 1 amide bonds. The van der Waals surface area contributed by atoms with Gasteiger partial charge in [-0.25, -0.2) is 0 Å². The quantitative estimate of drug-likeness (QED) is 0.822. The highest BCUT2D eigenvalue weighted by molar-refractivity contribution is 7.14. The van der Waals surface area contributed by atoms with Crippen LogP contribution >= 0.6 is 11.3 Å². The number of aliphatic hydroxyl groups is 1. The van der Waals surface area contributed by atoms with Crippen molar-refractivity contribution in [3.05, 3.63) is 33.3 Å². The van der Waals surface area contributed by atoms with Gasteiger partial charge in [-0.15, -0.1) is 11.3 Å². The van der Waals surface area contributed by atoms with Gasteiger partial charge in [-0.1, -0.05) is 11.8 Å². The summed E-state index contributed by atoms with van der Waals surface area (Å²) < 4.78 is 5.06. The highest BCUT2D eigenvalue weighted by atomic mass is 32.1. The molecule has 0 atom stereocenters. The minimum Gasteiger partial charge on any atom is -0.432 e. The lowest BCUT2D eigenvalue weighted by Gasteiger charge is -1.96. The van der Waals surface area contributed by atoms with Crippen LogP contribution in [0.2, 0.25) is 0 Å². The van der Waals surface area contributed by atoms with Gasteiger partial charge in [-0.2, -0.15) is 4.98 Å². The first kappa shape index (κ1) is 13.3. The van der Waals surface area contributed by atoms with Gasteiger partial charge in [0, 0.05) is 0 Å². The maximum Gasteiger partial charge on any atom is 0.301 e. The van der Waals surface area contributed by atoms with Gasteiger partial charge in [0.1, 0.15) is 12.9 Å². The Bertz CT molecular complexity index is 661. The van der Waals surface area contributed by atoms with E-state index < -0.39 is 0 Å². The van der Waals surface area contributed by atoms with Crippen LogP contribution in [0.5, 0.6) is 0 Å². The first-order valence-electron chi connectivity index (χ1n) is 5.54. The number of rotatable bonds is 2. The monoisotopic (exact) mass is 276 g/mol. The molecule has 0 aliphatic heterocycles. The lowest BCUT2D eigenvalue weighted by atomic mass is 10.2. The van der Waals surface area contributed by atoms with Gasteiger partial charge in [0.25, 0.3) is 5.91 Å². The zero-order valence-electron chi connectivity index (χ0n) is 10.5. The Hall–Kier alpha value is -2.10. The highest BCUT2D eigenvalue weighted by Gasteiger charge is 2.13. The number of hydrogen-bond acceptors (Lipinski definition) is 5. The van der Waals surface area contributed by atoms with Crippen LogP contribution in [0.4, 0.5) is 6.01 Å². The smallest absolute Gasteiger partial charge is 0.301 e. The fraction of sp³-hybridized carbons (Fsp3) is 0.231. The van der Waals surface area contributed by atoms with Crippen molar-refractivity contribution in [1.29, 1.82) is 0 Å². The Kier molecular flexibility index (Phi) is 4.00. The number of anilines is 1. The summed E-state index contributed by atoms with van der Waals surface area (Å²) in [6, 6.07) is 1.92. The molecule has 0 fully saturated rings. The van der Waals surface area contributed by atoms with Crippen molar-refractivity contribution in [2.75, 3.05) is 11.9 Å². The van der Waals surface area contributed by atoms with Crippen LogP contribution in [0, 0.1) is 25.7 Å². The second-order valence-electron chi connectivity index (χ2n) is 3.83. The summed E-state index contributed by atoms with van der Waals surface area (Å²) >= 11 is 1.27. The molecule has 2 heterocycles. The second kappa shape index (κ2) is 5.69.